The minimum Gasteiger partial charge on any atom is -0.267 e. The Balaban J connectivity index is 2.15. The number of halogens is 1. The van der Waals surface area contributed by atoms with Crippen molar-refractivity contribution >= 4 is 53.5 Å². The minimum atomic E-state index is -1.81. The molecule has 2 aliphatic rings. The van der Waals surface area contributed by atoms with Gasteiger partial charge in [0.05, 0.1) is 15.2 Å². The minimum absolute atomic E-state index is 0.0116. The molecule has 1 heterocycles. The summed E-state index contributed by atoms with van der Waals surface area (Å²) in [6.45, 7) is 18.7. The van der Waals surface area contributed by atoms with Gasteiger partial charge in [-0.2, -0.15) is 0 Å². The summed E-state index contributed by atoms with van der Waals surface area (Å²) in [5.41, 5.74) is 16.2. The average molecular weight is 498 g/mol. The van der Waals surface area contributed by atoms with Crippen molar-refractivity contribution in [1.29, 1.82) is 0 Å². The number of allylic oxidation sites excluding steroid dienone is 1. The lowest BCUT2D eigenvalue weighted by Crippen LogP contribution is -2.63. The van der Waals surface area contributed by atoms with Gasteiger partial charge in [-0.05, 0) is 63.0 Å². The smallest absolute Gasteiger partial charge is 0.267 e. The van der Waals surface area contributed by atoms with Gasteiger partial charge in [0.1, 0.15) is 0 Å². The van der Waals surface area contributed by atoms with Crippen molar-refractivity contribution in [2.75, 3.05) is 0 Å². The Morgan fingerprint density at radius 1 is 1.07 bits per heavy atom. The molecule has 2 bridgehead atoms. The largest absolute Gasteiger partial charge is 0.270 e. The summed E-state index contributed by atoms with van der Waals surface area (Å²) < 4.78 is 1.22. The van der Waals surface area contributed by atoms with Gasteiger partial charge < -0.3 is 0 Å². The Hall–Kier alpha value is -1.44. The van der Waals surface area contributed by atoms with Crippen LogP contribution in [0.4, 0.5) is 0 Å². The van der Waals surface area contributed by atoms with Crippen LogP contribution in [0.1, 0.15) is 54.7 Å². The van der Waals surface area contributed by atoms with E-state index in [1.165, 1.54) is 42.7 Å². The van der Waals surface area contributed by atoms with Crippen LogP contribution in [-0.2, 0) is 11.8 Å². The first-order chi connectivity index (χ1) is 13.7. The van der Waals surface area contributed by atoms with Crippen molar-refractivity contribution in [2.24, 2.45) is 0 Å². The highest BCUT2D eigenvalue weighted by molar-refractivity contribution is 9.11. The molecule has 0 fully saturated rings. The van der Waals surface area contributed by atoms with E-state index >= 15 is 0 Å². The lowest BCUT2D eigenvalue weighted by Gasteiger charge is -2.33. The molecule has 5 heteroatoms. The van der Waals surface area contributed by atoms with Crippen molar-refractivity contribution in [2.45, 2.75) is 65.7 Å². The summed E-state index contributed by atoms with van der Waals surface area (Å²) in [5.74, 6) is -0.561. The Bertz CT molecular complexity index is 1150. The van der Waals surface area contributed by atoms with Crippen molar-refractivity contribution < 1.29 is 4.79 Å². The predicted molar refractivity (Wildman–Crippen MR) is 137 cm³/mol. The van der Waals surface area contributed by atoms with E-state index in [-0.39, 0.29) is 5.41 Å². The maximum Gasteiger partial charge on any atom is 0.270 e. The Morgan fingerprint density at radius 2 is 1.70 bits per heavy atom. The fourth-order valence-corrected chi connectivity index (χ4v) is 18.9. The molecule has 2 aromatic carbocycles. The second kappa shape index (κ2) is 6.53. The first-order valence-corrected chi connectivity index (χ1v) is 18.5. The number of fused-ring (bicyclic) bond motifs is 3. The third kappa shape index (κ3) is 2.89. The topological polar surface area (TPSA) is 40.9 Å². The lowest BCUT2D eigenvalue weighted by molar-refractivity contribution is 0.0993. The normalized spacial score (nSPS) is 18.4. The molecule has 2 aromatic rings. The van der Waals surface area contributed by atoms with E-state index in [9.17, 15) is 4.79 Å². The maximum atomic E-state index is 12.6. The molecule has 1 radical (unpaired) electrons. The molecule has 30 heavy (non-hydrogen) atoms. The number of hydrogen-bond acceptors (Lipinski definition) is 1. The van der Waals surface area contributed by atoms with Crippen LogP contribution in [0.2, 0.25) is 26.2 Å². The molecule has 157 valence electrons. The second-order valence-electron chi connectivity index (χ2n) is 11.1. The molecule has 4 rings (SSSR count). The third-order valence-electron chi connectivity index (χ3n) is 7.65. The van der Waals surface area contributed by atoms with Gasteiger partial charge in [0.25, 0.3) is 5.91 Å². The van der Waals surface area contributed by atoms with Crippen LogP contribution in [0, 0.1) is 0 Å². The molecule has 0 spiro atoms. The van der Waals surface area contributed by atoms with Crippen LogP contribution in [0.3, 0.4) is 0 Å². The molecule has 0 saturated heterocycles. The molecule has 0 unspecified atom stereocenters. The summed E-state index contributed by atoms with van der Waals surface area (Å²) in [6, 6.07) is 6.70. The molecule has 0 saturated carbocycles. The Kier molecular flexibility index (Phi) is 4.74. The summed E-state index contributed by atoms with van der Waals surface area (Å²) >= 11 is 3.96. The van der Waals surface area contributed by atoms with Crippen LogP contribution in [0.25, 0.3) is 17.2 Å². The van der Waals surface area contributed by atoms with Gasteiger partial charge in [0, 0.05) is 10.0 Å². The predicted octanol–water partition coefficient (Wildman–Crippen LogP) is 5.72. The van der Waals surface area contributed by atoms with Gasteiger partial charge in [-0.15, -0.1) is 0 Å². The van der Waals surface area contributed by atoms with E-state index in [4.69, 9.17) is 5.73 Å². The summed E-state index contributed by atoms with van der Waals surface area (Å²) in [6.07, 6.45) is 3.21. The van der Waals surface area contributed by atoms with Crippen LogP contribution in [0.5, 0.6) is 0 Å². The van der Waals surface area contributed by atoms with Crippen molar-refractivity contribution in [3.63, 3.8) is 0 Å². The van der Waals surface area contributed by atoms with Crippen LogP contribution in [-0.4, -0.2) is 21.1 Å². The van der Waals surface area contributed by atoms with E-state index < -0.39 is 21.1 Å². The van der Waals surface area contributed by atoms with Crippen molar-refractivity contribution in [3.05, 3.63) is 50.5 Å². The summed E-state index contributed by atoms with van der Waals surface area (Å²) in [4.78, 5) is 12.6. The van der Waals surface area contributed by atoms with Crippen LogP contribution < -0.4 is 16.1 Å². The highest BCUT2D eigenvalue weighted by atomic mass is 79.9. The highest BCUT2D eigenvalue weighted by Gasteiger charge is 2.53. The van der Waals surface area contributed by atoms with E-state index in [0.717, 1.165) is 12.0 Å². The summed E-state index contributed by atoms with van der Waals surface area (Å²) in [7, 11) is -3.54. The van der Waals surface area contributed by atoms with E-state index in [0.29, 0.717) is 5.56 Å². The number of benzene rings is 2. The summed E-state index contributed by atoms with van der Waals surface area (Å²) in [5, 5.41) is 2.69. The zero-order valence-electron chi connectivity index (χ0n) is 19.3. The quantitative estimate of drug-likeness (QED) is 0.490. The SMILES string of the molecule is CC1=Cc2cc(C(C)(C)C)cc(-c3c(C([NH])=O)cc4c(Br)c3[Si](C)(C)[Si]4(C)C)c2C1. The molecule has 2 nitrogen and oxygen atoms in total. The van der Waals surface area contributed by atoms with Gasteiger partial charge in [-0.25, -0.2) is 0 Å². The monoisotopic (exact) mass is 496 g/mol. The first kappa shape index (κ1) is 21.8. The molecule has 1 aliphatic heterocycles. The number of nitrogens with one attached hydrogen (secondary N) is 1. The fourth-order valence-electron chi connectivity index (χ4n) is 5.08. The van der Waals surface area contributed by atoms with Gasteiger partial charge in [0.15, 0.2) is 0 Å². The van der Waals surface area contributed by atoms with Gasteiger partial charge >= 0.3 is 0 Å². The number of amides is 1. The van der Waals surface area contributed by atoms with Crippen molar-refractivity contribution in [3.8, 4) is 11.1 Å². The molecule has 1 aliphatic carbocycles. The first-order valence-electron chi connectivity index (χ1n) is 10.7. The van der Waals surface area contributed by atoms with E-state index in [2.05, 4.69) is 94.1 Å². The average Bonchev–Trinajstić information content (AvgIpc) is 3.01. The van der Waals surface area contributed by atoms with Gasteiger partial charge in [0.2, 0.25) is 0 Å². The molecule has 1 N–H and O–H groups in total. The molecule has 0 atom stereocenters. The zero-order valence-corrected chi connectivity index (χ0v) is 22.9. The fraction of sp³-hybridized carbons (Fsp3) is 0.400. The molecular formula is C25H31BrNOSi2. The van der Waals surface area contributed by atoms with E-state index in [1.54, 1.807) is 0 Å². The Labute approximate surface area is 190 Å². The number of carbonyl (C=O) groups is 1. The van der Waals surface area contributed by atoms with Crippen LogP contribution in [0.15, 0.2) is 28.2 Å². The number of carbonyl (C=O) groups excluding carboxylic acids is 1. The molecule has 1 amide bonds. The molecule has 0 aromatic heterocycles. The molecular weight excluding hydrogens is 466 g/mol. The van der Waals surface area contributed by atoms with E-state index in [1.807, 2.05) is 0 Å². The standard InChI is InChI=1S/C25H31BrNOSi2/c1-14-9-15-11-16(25(2,3)4)12-18(17(15)10-14)21-19(24(27)28)13-20-22(26)23(21)30(7,8)29(20,5)6/h9,11-13,27H,10H2,1-8H3. The number of hydrogen-bond donors (Lipinski definition) is 0. The zero-order chi connectivity index (χ0) is 22.4. The highest BCUT2D eigenvalue weighted by Crippen LogP contribution is 2.43. The second-order valence-corrected chi connectivity index (χ2v) is 27.0. The van der Waals surface area contributed by atoms with Crippen molar-refractivity contribution in [1.82, 2.24) is 5.73 Å². The maximum absolute atomic E-state index is 12.6. The van der Waals surface area contributed by atoms with Gasteiger partial charge in [-0.3, -0.25) is 10.5 Å². The Morgan fingerprint density at radius 3 is 2.27 bits per heavy atom. The van der Waals surface area contributed by atoms with Crippen LogP contribution >= 0.6 is 15.9 Å². The number of rotatable bonds is 2. The lowest BCUT2D eigenvalue weighted by atomic mass is 9.82. The third-order valence-corrected chi connectivity index (χ3v) is 26.8. The van der Waals surface area contributed by atoms with Gasteiger partial charge in [-0.1, -0.05) is 86.7 Å².